The number of pyridine rings is 1. The SMILES string of the molecule is O=Cc1c(Cl)cccc1OCc1cn2ccccc2n1. The van der Waals surface area contributed by atoms with Crippen LogP contribution >= 0.6 is 11.6 Å². The molecule has 0 atom stereocenters. The Morgan fingerprint density at radius 1 is 1.25 bits per heavy atom. The summed E-state index contributed by atoms with van der Waals surface area (Å²) >= 11 is 5.94. The van der Waals surface area contributed by atoms with Gasteiger partial charge in [0.25, 0.3) is 0 Å². The second-order valence-electron chi connectivity index (χ2n) is 4.26. The molecule has 0 fully saturated rings. The highest BCUT2D eigenvalue weighted by atomic mass is 35.5. The van der Waals surface area contributed by atoms with E-state index in [1.54, 1.807) is 18.2 Å². The number of ether oxygens (including phenoxy) is 1. The highest BCUT2D eigenvalue weighted by Crippen LogP contribution is 2.25. The molecule has 0 spiro atoms. The Labute approximate surface area is 120 Å². The van der Waals surface area contributed by atoms with Crippen molar-refractivity contribution in [3.8, 4) is 5.75 Å². The zero-order chi connectivity index (χ0) is 13.9. The van der Waals surface area contributed by atoms with E-state index < -0.39 is 0 Å². The largest absolute Gasteiger partial charge is 0.486 e. The van der Waals surface area contributed by atoms with E-state index in [0.717, 1.165) is 11.3 Å². The fourth-order valence-corrected chi connectivity index (χ4v) is 2.18. The van der Waals surface area contributed by atoms with E-state index >= 15 is 0 Å². The molecule has 100 valence electrons. The van der Waals surface area contributed by atoms with Gasteiger partial charge in [0, 0.05) is 12.4 Å². The number of hydrogen-bond acceptors (Lipinski definition) is 3. The minimum Gasteiger partial charge on any atom is -0.486 e. The van der Waals surface area contributed by atoms with Gasteiger partial charge in [-0.1, -0.05) is 23.7 Å². The van der Waals surface area contributed by atoms with Crippen LogP contribution in [-0.4, -0.2) is 15.7 Å². The summed E-state index contributed by atoms with van der Waals surface area (Å²) in [5, 5.41) is 0.382. The Morgan fingerprint density at radius 3 is 2.95 bits per heavy atom. The minimum atomic E-state index is 0.281. The molecule has 20 heavy (non-hydrogen) atoms. The summed E-state index contributed by atoms with van der Waals surface area (Å²) in [5.74, 6) is 0.463. The molecule has 0 bridgehead atoms. The van der Waals surface area contributed by atoms with Crippen molar-refractivity contribution in [3.05, 3.63) is 65.1 Å². The number of aromatic nitrogens is 2. The molecular formula is C15H11ClN2O2. The summed E-state index contributed by atoms with van der Waals surface area (Å²) in [5.41, 5.74) is 2.00. The maximum Gasteiger partial charge on any atom is 0.155 e. The fourth-order valence-electron chi connectivity index (χ4n) is 1.97. The van der Waals surface area contributed by atoms with E-state index in [-0.39, 0.29) is 6.61 Å². The first-order valence-electron chi connectivity index (χ1n) is 6.07. The van der Waals surface area contributed by atoms with Crippen molar-refractivity contribution in [1.29, 1.82) is 0 Å². The molecule has 0 radical (unpaired) electrons. The second-order valence-corrected chi connectivity index (χ2v) is 4.66. The number of carbonyl (C=O) groups excluding carboxylic acids is 1. The molecule has 0 N–H and O–H groups in total. The fraction of sp³-hybridized carbons (Fsp3) is 0.0667. The lowest BCUT2D eigenvalue weighted by atomic mass is 10.2. The Balaban J connectivity index is 1.82. The van der Waals surface area contributed by atoms with Gasteiger partial charge < -0.3 is 9.14 Å². The molecule has 0 aliphatic carbocycles. The van der Waals surface area contributed by atoms with Gasteiger partial charge in [0.15, 0.2) is 6.29 Å². The zero-order valence-corrected chi connectivity index (χ0v) is 11.2. The first-order valence-corrected chi connectivity index (χ1v) is 6.45. The Hall–Kier alpha value is -2.33. The van der Waals surface area contributed by atoms with Crippen molar-refractivity contribution in [1.82, 2.24) is 9.38 Å². The molecule has 4 nitrogen and oxygen atoms in total. The number of benzene rings is 1. The van der Waals surface area contributed by atoms with Crippen molar-refractivity contribution >= 4 is 23.5 Å². The Bertz CT molecular complexity index is 734. The number of carbonyl (C=O) groups is 1. The monoisotopic (exact) mass is 286 g/mol. The summed E-state index contributed by atoms with van der Waals surface area (Å²) in [4.78, 5) is 15.4. The standard InChI is InChI=1S/C15H11ClN2O2/c16-13-4-3-5-14(12(13)9-19)20-10-11-8-18-7-2-1-6-15(18)17-11/h1-9H,10H2. The third-order valence-corrected chi connectivity index (χ3v) is 3.25. The molecule has 0 saturated carbocycles. The first-order chi connectivity index (χ1) is 9.78. The molecule has 2 aromatic heterocycles. The average molecular weight is 287 g/mol. The van der Waals surface area contributed by atoms with E-state index in [2.05, 4.69) is 4.98 Å². The van der Waals surface area contributed by atoms with Crippen LogP contribution in [0.4, 0.5) is 0 Å². The quantitative estimate of drug-likeness (QED) is 0.691. The highest BCUT2D eigenvalue weighted by Gasteiger charge is 2.08. The number of halogens is 1. The molecular weight excluding hydrogens is 276 g/mol. The number of hydrogen-bond donors (Lipinski definition) is 0. The van der Waals surface area contributed by atoms with E-state index in [4.69, 9.17) is 16.3 Å². The predicted octanol–water partition coefficient (Wildman–Crippen LogP) is 3.38. The van der Waals surface area contributed by atoms with Gasteiger partial charge in [0.2, 0.25) is 0 Å². The molecule has 3 rings (SSSR count). The predicted molar refractivity (Wildman–Crippen MR) is 76.4 cm³/mol. The van der Waals surface area contributed by atoms with Gasteiger partial charge >= 0.3 is 0 Å². The molecule has 0 aliphatic heterocycles. The van der Waals surface area contributed by atoms with E-state index in [1.165, 1.54) is 0 Å². The van der Waals surface area contributed by atoms with Crippen LogP contribution in [0.2, 0.25) is 5.02 Å². The van der Waals surface area contributed by atoms with Gasteiger partial charge in [-0.2, -0.15) is 0 Å². The van der Waals surface area contributed by atoms with Gasteiger partial charge in [0.1, 0.15) is 18.0 Å². The maximum absolute atomic E-state index is 11.0. The van der Waals surface area contributed by atoms with Gasteiger partial charge in [-0.15, -0.1) is 0 Å². The van der Waals surface area contributed by atoms with Crippen LogP contribution in [0.25, 0.3) is 5.65 Å². The van der Waals surface area contributed by atoms with Crippen LogP contribution in [0.1, 0.15) is 16.1 Å². The maximum atomic E-state index is 11.0. The van der Waals surface area contributed by atoms with E-state index in [9.17, 15) is 4.79 Å². The topological polar surface area (TPSA) is 43.6 Å². The summed E-state index contributed by atoms with van der Waals surface area (Å²) < 4.78 is 7.55. The number of imidazole rings is 1. The zero-order valence-electron chi connectivity index (χ0n) is 10.5. The summed E-state index contributed by atoms with van der Waals surface area (Å²) in [6, 6.07) is 10.9. The molecule has 0 saturated heterocycles. The smallest absolute Gasteiger partial charge is 0.155 e. The van der Waals surface area contributed by atoms with Crippen LogP contribution in [0.15, 0.2) is 48.8 Å². The van der Waals surface area contributed by atoms with Crippen LogP contribution in [0, 0.1) is 0 Å². The van der Waals surface area contributed by atoms with Crippen LogP contribution < -0.4 is 4.74 Å². The van der Waals surface area contributed by atoms with Crippen molar-refractivity contribution < 1.29 is 9.53 Å². The number of aldehydes is 1. The van der Waals surface area contributed by atoms with Crippen LogP contribution in [0.3, 0.4) is 0 Å². The van der Waals surface area contributed by atoms with Crippen molar-refractivity contribution in [2.45, 2.75) is 6.61 Å². The van der Waals surface area contributed by atoms with Gasteiger partial charge in [-0.25, -0.2) is 4.98 Å². The number of fused-ring (bicyclic) bond motifs is 1. The Kier molecular flexibility index (Phi) is 3.39. The van der Waals surface area contributed by atoms with Crippen molar-refractivity contribution in [3.63, 3.8) is 0 Å². The van der Waals surface area contributed by atoms with Gasteiger partial charge in [-0.05, 0) is 24.3 Å². The summed E-state index contributed by atoms with van der Waals surface area (Å²) in [7, 11) is 0. The number of rotatable bonds is 4. The lowest BCUT2D eigenvalue weighted by Crippen LogP contribution is -1.98. The molecule has 0 amide bonds. The molecule has 0 aliphatic rings. The first kappa shape index (κ1) is 12.7. The highest BCUT2D eigenvalue weighted by molar-refractivity contribution is 6.33. The third-order valence-electron chi connectivity index (χ3n) is 2.92. The second kappa shape index (κ2) is 5.35. The molecule has 3 aromatic rings. The van der Waals surface area contributed by atoms with Gasteiger partial charge in [-0.3, -0.25) is 4.79 Å². The van der Waals surface area contributed by atoms with Gasteiger partial charge in [0.05, 0.1) is 16.3 Å². The summed E-state index contributed by atoms with van der Waals surface area (Å²) in [6.07, 6.45) is 4.50. The third kappa shape index (κ3) is 2.38. The average Bonchev–Trinajstić information content (AvgIpc) is 2.88. The van der Waals surface area contributed by atoms with Crippen LogP contribution in [-0.2, 0) is 6.61 Å². The number of nitrogens with zero attached hydrogens (tertiary/aromatic N) is 2. The molecule has 5 heteroatoms. The molecule has 2 heterocycles. The van der Waals surface area contributed by atoms with E-state index in [0.29, 0.717) is 22.6 Å². The van der Waals surface area contributed by atoms with Crippen molar-refractivity contribution in [2.24, 2.45) is 0 Å². The Morgan fingerprint density at radius 2 is 2.15 bits per heavy atom. The summed E-state index contributed by atoms with van der Waals surface area (Å²) in [6.45, 7) is 0.281. The van der Waals surface area contributed by atoms with Crippen molar-refractivity contribution in [2.75, 3.05) is 0 Å². The molecule has 0 unspecified atom stereocenters. The lowest BCUT2D eigenvalue weighted by Gasteiger charge is -2.07. The minimum absolute atomic E-state index is 0.281. The molecule has 1 aromatic carbocycles. The lowest BCUT2D eigenvalue weighted by molar-refractivity contribution is 0.111. The van der Waals surface area contributed by atoms with E-state index in [1.807, 2.05) is 35.0 Å². The normalized spacial score (nSPS) is 10.7. The van der Waals surface area contributed by atoms with Crippen LogP contribution in [0.5, 0.6) is 5.75 Å².